The van der Waals surface area contributed by atoms with E-state index in [2.05, 4.69) is 6.58 Å². The second-order valence-electron chi connectivity index (χ2n) is 8.72. The smallest absolute Gasteiger partial charge is 0.255 e. The lowest BCUT2D eigenvalue weighted by Crippen LogP contribution is -2.77. The fraction of sp³-hybridized carbons (Fsp3) is 0.364. The molecule has 1 aromatic rings. The fourth-order valence-corrected chi connectivity index (χ4v) is 5.94. The van der Waals surface area contributed by atoms with Crippen LogP contribution in [0.3, 0.4) is 0 Å². The number of phenols is 1. The van der Waals surface area contributed by atoms with Crippen molar-refractivity contribution in [2.24, 2.45) is 17.6 Å². The van der Waals surface area contributed by atoms with Crippen LogP contribution in [0.1, 0.15) is 15.9 Å². The van der Waals surface area contributed by atoms with Crippen LogP contribution >= 0.6 is 11.6 Å². The van der Waals surface area contributed by atoms with E-state index in [0.29, 0.717) is 0 Å². The zero-order chi connectivity index (χ0) is 24.8. The highest BCUT2D eigenvalue weighted by Gasteiger charge is 2.75. The molecular formula is C22H21ClN2O8. The number of halogens is 1. The Morgan fingerprint density at radius 1 is 1.21 bits per heavy atom. The van der Waals surface area contributed by atoms with Gasteiger partial charge in [0.15, 0.2) is 22.0 Å². The number of alkyl halides is 1. The van der Waals surface area contributed by atoms with Crippen molar-refractivity contribution >= 4 is 40.4 Å². The van der Waals surface area contributed by atoms with E-state index < -0.39 is 74.8 Å². The minimum Gasteiger partial charge on any atom is -0.508 e. The molecule has 0 aliphatic heterocycles. The maximum atomic E-state index is 13.8. The van der Waals surface area contributed by atoms with Gasteiger partial charge in [-0.15, -0.1) is 11.6 Å². The summed E-state index contributed by atoms with van der Waals surface area (Å²) in [5.74, 6) is -10.1. The number of hydrogen-bond acceptors (Lipinski definition) is 9. The number of amides is 1. The van der Waals surface area contributed by atoms with Crippen molar-refractivity contribution in [3.8, 4) is 5.75 Å². The maximum absolute atomic E-state index is 13.8. The van der Waals surface area contributed by atoms with Gasteiger partial charge in [0.1, 0.15) is 17.1 Å². The molecule has 0 heterocycles. The Kier molecular flexibility index (Phi) is 4.89. The SMILES string of the molecule is C=C1c2cccc(O)c2C(=O)[C@]2(Cl)C(=O)[C@@]3(O)C(O)=C(C(N)=O)C(=O)[C@@H](N(C)C)[C@@H]3[C@@H](O)[C@H]12. The molecule has 4 rings (SSSR count). The largest absolute Gasteiger partial charge is 0.508 e. The monoisotopic (exact) mass is 476 g/mol. The molecule has 1 amide bonds. The normalized spacial score (nSPS) is 35.9. The predicted molar refractivity (Wildman–Crippen MR) is 114 cm³/mol. The number of aromatic hydroxyl groups is 1. The number of primary amides is 1. The van der Waals surface area contributed by atoms with Crippen LogP contribution in [-0.4, -0.2) is 85.3 Å². The Balaban J connectivity index is 2.08. The standard InChI is InChI=1S/C22H21ClN2O8/c1-7-8-5-4-6-9(26)10(8)17(29)21(23)12(7)16(28)13-14(25(2)3)15(27)11(19(24)31)18(30)22(13,33)20(21)32/h4-6,12-14,16,26,28,30,33H,1H2,2-3H3,(H2,24,31)/t12-,13+,14-,16-,21-,22-/m0/s1. The quantitative estimate of drug-likeness (QED) is 0.209. The Morgan fingerprint density at radius 3 is 2.36 bits per heavy atom. The second kappa shape index (κ2) is 6.97. The Labute approximate surface area is 192 Å². The van der Waals surface area contributed by atoms with Crippen LogP contribution in [0.25, 0.3) is 5.57 Å². The topological polar surface area (TPSA) is 178 Å². The van der Waals surface area contributed by atoms with E-state index in [-0.39, 0.29) is 16.7 Å². The number of likely N-dealkylation sites (N-methyl/N-ethyl adjacent to an activating group) is 1. The van der Waals surface area contributed by atoms with E-state index in [1.165, 1.54) is 37.2 Å². The molecule has 3 aliphatic carbocycles. The molecule has 174 valence electrons. The number of phenolic OH excluding ortho intramolecular Hbond substituents is 1. The third kappa shape index (κ3) is 2.54. The first-order valence-corrected chi connectivity index (χ1v) is 10.3. The van der Waals surface area contributed by atoms with E-state index in [4.69, 9.17) is 17.3 Å². The molecule has 0 bridgehead atoms. The van der Waals surface area contributed by atoms with Crippen LogP contribution in [0.4, 0.5) is 0 Å². The van der Waals surface area contributed by atoms with Crippen LogP contribution in [-0.2, 0) is 14.4 Å². The zero-order valence-corrected chi connectivity index (χ0v) is 18.3. The molecule has 1 aromatic carbocycles. The summed E-state index contributed by atoms with van der Waals surface area (Å²) in [6, 6.07) is 2.58. The molecule has 0 radical (unpaired) electrons. The van der Waals surface area contributed by atoms with Gasteiger partial charge in [0, 0.05) is 5.92 Å². The van der Waals surface area contributed by atoms with Crippen LogP contribution in [0.2, 0.25) is 0 Å². The number of nitrogens with zero attached hydrogens (tertiary/aromatic N) is 1. The highest BCUT2D eigenvalue weighted by Crippen LogP contribution is 2.58. The summed E-state index contributed by atoms with van der Waals surface area (Å²) in [5, 5.41) is 44.0. The summed E-state index contributed by atoms with van der Waals surface area (Å²) in [5.41, 5.74) is 0.919. The summed E-state index contributed by atoms with van der Waals surface area (Å²) >= 11 is 6.59. The second-order valence-corrected chi connectivity index (χ2v) is 9.31. The predicted octanol–water partition coefficient (Wildman–Crippen LogP) is -0.703. The number of nitrogens with two attached hydrogens (primary N) is 1. The Hall–Kier alpha value is -3.05. The maximum Gasteiger partial charge on any atom is 0.255 e. The van der Waals surface area contributed by atoms with E-state index in [1.807, 2.05) is 0 Å². The van der Waals surface area contributed by atoms with Gasteiger partial charge in [-0.25, -0.2) is 0 Å². The molecule has 6 atom stereocenters. The van der Waals surface area contributed by atoms with Gasteiger partial charge in [0.2, 0.25) is 5.78 Å². The van der Waals surface area contributed by atoms with Crippen LogP contribution in [0.15, 0.2) is 36.1 Å². The number of carbonyl (C=O) groups is 4. The minimum absolute atomic E-state index is 0.0209. The molecule has 1 saturated carbocycles. The van der Waals surface area contributed by atoms with E-state index >= 15 is 0 Å². The molecule has 33 heavy (non-hydrogen) atoms. The number of carbonyl (C=O) groups excluding carboxylic acids is 4. The van der Waals surface area contributed by atoms with E-state index in [0.717, 1.165) is 0 Å². The molecule has 0 aromatic heterocycles. The van der Waals surface area contributed by atoms with Crippen molar-refractivity contribution in [1.29, 1.82) is 0 Å². The van der Waals surface area contributed by atoms with Gasteiger partial charge in [-0.1, -0.05) is 18.7 Å². The molecule has 0 spiro atoms. The highest BCUT2D eigenvalue weighted by atomic mass is 35.5. The number of aliphatic hydroxyl groups excluding tert-OH is 2. The average molecular weight is 477 g/mol. The van der Waals surface area contributed by atoms with Gasteiger partial charge in [-0.3, -0.25) is 24.1 Å². The van der Waals surface area contributed by atoms with Gasteiger partial charge >= 0.3 is 0 Å². The van der Waals surface area contributed by atoms with Crippen molar-refractivity contribution in [3.63, 3.8) is 0 Å². The summed E-state index contributed by atoms with van der Waals surface area (Å²) in [6.45, 7) is 3.87. The Morgan fingerprint density at radius 2 is 1.82 bits per heavy atom. The first kappa shape index (κ1) is 23.1. The average Bonchev–Trinajstić information content (AvgIpc) is 2.72. The van der Waals surface area contributed by atoms with Crippen LogP contribution in [0.5, 0.6) is 5.75 Å². The third-order valence-corrected chi connectivity index (χ3v) is 7.45. The summed E-state index contributed by atoms with van der Waals surface area (Å²) in [4.78, 5) is 50.8. The molecule has 0 saturated heterocycles. The number of hydrogen-bond donors (Lipinski definition) is 5. The molecule has 6 N–H and O–H groups in total. The van der Waals surface area contributed by atoms with Crippen molar-refractivity contribution in [3.05, 3.63) is 47.2 Å². The van der Waals surface area contributed by atoms with Gasteiger partial charge in [0.05, 0.1) is 23.6 Å². The molecule has 10 nitrogen and oxygen atoms in total. The number of ketones is 3. The molecule has 3 aliphatic rings. The first-order chi connectivity index (χ1) is 15.2. The number of Topliss-reactive ketones (excluding diaryl/α,β-unsaturated/α-hetero) is 3. The van der Waals surface area contributed by atoms with E-state index in [1.54, 1.807) is 0 Å². The van der Waals surface area contributed by atoms with Crippen molar-refractivity contribution in [2.45, 2.75) is 22.6 Å². The molecule has 1 fully saturated rings. The van der Waals surface area contributed by atoms with Crippen molar-refractivity contribution < 1.29 is 39.6 Å². The third-order valence-electron chi connectivity index (χ3n) is 6.87. The number of fused-ring (bicyclic) bond motifs is 3. The first-order valence-electron chi connectivity index (χ1n) is 9.88. The van der Waals surface area contributed by atoms with Gasteiger partial charge in [-0.2, -0.15) is 0 Å². The number of rotatable bonds is 2. The molecule has 11 heteroatoms. The van der Waals surface area contributed by atoms with Crippen molar-refractivity contribution in [2.75, 3.05) is 14.1 Å². The number of aliphatic hydroxyl groups is 3. The van der Waals surface area contributed by atoms with Gasteiger partial charge in [-0.05, 0) is 31.3 Å². The zero-order valence-electron chi connectivity index (χ0n) is 17.6. The summed E-state index contributed by atoms with van der Waals surface area (Å²) in [6.07, 6.45) is -1.86. The van der Waals surface area contributed by atoms with E-state index in [9.17, 15) is 39.6 Å². The Bertz CT molecular complexity index is 1210. The fourth-order valence-electron chi connectivity index (χ4n) is 5.44. The van der Waals surface area contributed by atoms with Crippen molar-refractivity contribution in [1.82, 2.24) is 4.90 Å². The highest BCUT2D eigenvalue weighted by molar-refractivity contribution is 6.53. The minimum atomic E-state index is -3.11. The lowest BCUT2D eigenvalue weighted by molar-refractivity contribution is -0.176. The van der Waals surface area contributed by atoms with Gasteiger partial charge in [0.25, 0.3) is 5.91 Å². The van der Waals surface area contributed by atoms with Gasteiger partial charge < -0.3 is 26.2 Å². The summed E-state index contributed by atoms with van der Waals surface area (Å²) in [7, 11) is 2.80. The lowest BCUT2D eigenvalue weighted by atomic mass is 9.52. The number of benzene rings is 1. The van der Waals surface area contributed by atoms with Crippen LogP contribution in [0, 0.1) is 11.8 Å². The summed E-state index contributed by atoms with van der Waals surface area (Å²) < 4.78 is 0. The molecular weight excluding hydrogens is 456 g/mol. The molecule has 0 unspecified atom stereocenters. The lowest BCUT2D eigenvalue weighted by Gasteiger charge is -2.56. The van der Waals surface area contributed by atoms with Crippen LogP contribution < -0.4 is 5.73 Å².